The number of methoxy groups -OCH3 is 1. The van der Waals surface area contributed by atoms with Crippen LogP contribution >= 0.6 is 0 Å². The smallest absolute Gasteiger partial charge is 0.255 e. The molecule has 0 radical (unpaired) electrons. The van der Waals surface area contributed by atoms with Crippen LogP contribution in [0.3, 0.4) is 0 Å². The Balaban J connectivity index is 2.75. The first-order chi connectivity index (χ1) is 8.38. The molecule has 0 saturated heterocycles. The molecule has 1 rings (SSSR count). The Bertz CT molecular complexity index is 393. The highest BCUT2D eigenvalue weighted by molar-refractivity contribution is 5.94. The van der Waals surface area contributed by atoms with Crippen molar-refractivity contribution in [3.8, 4) is 5.75 Å². The fourth-order valence-corrected chi connectivity index (χ4v) is 1.82. The minimum absolute atomic E-state index is 0.0439. The number of nitrogens with zero attached hydrogens (tertiary/aromatic N) is 1. The molecule has 0 aliphatic rings. The Kier molecular flexibility index (Phi) is 4.73. The highest BCUT2D eigenvalue weighted by Crippen LogP contribution is 2.12. The molecule has 1 amide bonds. The maximum Gasteiger partial charge on any atom is 0.255 e. The fraction of sp³-hybridized carbons (Fsp3) is 0.500. The number of hydrogen-bond acceptors (Lipinski definition) is 2. The van der Waals surface area contributed by atoms with Crippen molar-refractivity contribution in [1.82, 2.24) is 5.32 Å². The molecule has 4 heteroatoms. The van der Waals surface area contributed by atoms with Crippen molar-refractivity contribution in [3.05, 3.63) is 29.8 Å². The van der Waals surface area contributed by atoms with E-state index >= 15 is 0 Å². The van der Waals surface area contributed by atoms with Gasteiger partial charge >= 0.3 is 0 Å². The van der Waals surface area contributed by atoms with Gasteiger partial charge in [0.15, 0.2) is 6.17 Å². The van der Waals surface area contributed by atoms with E-state index in [0.717, 1.165) is 12.2 Å². The topological polar surface area (TPSA) is 38.3 Å². The Hall–Kier alpha value is -1.55. The quantitative estimate of drug-likeness (QED) is 0.641. The summed E-state index contributed by atoms with van der Waals surface area (Å²) in [5.74, 6) is 0.711. The average molecular weight is 251 g/mol. The van der Waals surface area contributed by atoms with Crippen LogP contribution in [-0.2, 0) is 0 Å². The first-order valence-electron chi connectivity index (χ1n) is 6.14. The lowest BCUT2D eigenvalue weighted by atomic mass is 10.2. The van der Waals surface area contributed by atoms with Crippen molar-refractivity contribution in [1.29, 1.82) is 0 Å². The van der Waals surface area contributed by atoms with Gasteiger partial charge < -0.3 is 14.5 Å². The third kappa shape index (κ3) is 3.74. The second kappa shape index (κ2) is 5.87. The minimum atomic E-state index is -0.0439. The summed E-state index contributed by atoms with van der Waals surface area (Å²) in [4.78, 5) is 12.1. The number of hydrogen-bond donors (Lipinski definition) is 1. The second-order valence-electron chi connectivity index (χ2n) is 5.24. The molecule has 1 unspecified atom stereocenters. The summed E-state index contributed by atoms with van der Waals surface area (Å²) in [6.45, 7) is 2.07. The number of benzene rings is 1. The lowest BCUT2D eigenvalue weighted by Gasteiger charge is -2.33. The van der Waals surface area contributed by atoms with Crippen LogP contribution in [-0.4, -0.2) is 44.8 Å². The third-order valence-corrected chi connectivity index (χ3v) is 2.97. The largest absolute Gasteiger partial charge is 0.497 e. The van der Waals surface area contributed by atoms with E-state index in [1.54, 1.807) is 31.4 Å². The van der Waals surface area contributed by atoms with Crippen molar-refractivity contribution in [3.63, 3.8) is 0 Å². The first kappa shape index (κ1) is 14.5. The van der Waals surface area contributed by atoms with E-state index < -0.39 is 0 Å². The van der Waals surface area contributed by atoms with Gasteiger partial charge in [-0.05, 0) is 24.3 Å². The van der Waals surface area contributed by atoms with Crippen LogP contribution in [0.15, 0.2) is 24.3 Å². The molecule has 0 aromatic heterocycles. The van der Waals surface area contributed by atoms with Crippen LogP contribution in [0.1, 0.15) is 23.7 Å². The van der Waals surface area contributed by atoms with Crippen LogP contribution in [0.4, 0.5) is 0 Å². The van der Waals surface area contributed by atoms with Crippen LogP contribution < -0.4 is 10.1 Å². The van der Waals surface area contributed by atoms with Gasteiger partial charge in [0.05, 0.1) is 28.3 Å². The lowest BCUT2D eigenvalue weighted by molar-refractivity contribution is -0.898. The SMILES string of the molecule is CCC(NC(=O)c1ccc(OC)cc1)[N+](C)(C)C. The molecule has 0 bridgehead atoms. The number of rotatable bonds is 5. The van der Waals surface area contributed by atoms with E-state index in [-0.39, 0.29) is 12.1 Å². The van der Waals surface area contributed by atoms with Crippen molar-refractivity contribution in [2.45, 2.75) is 19.5 Å². The van der Waals surface area contributed by atoms with Gasteiger partial charge in [-0.3, -0.25) is 4.79 Å². The maximum absolute atomic E-state index is 12.1. The van der Waals surface area contributed by atoms with E-state index in [1.165, 1.54) is 0 Å². The Morgan fingerprint density at radius 3 is 2.22 bits per heavy atom. The summed E-state index contributed by atoms with van der Waals surface area (Å²) in [7, 11) is 7.83. The molecule has 0 aliphatic heterocycles. The monoisotopic (exact) mass is 251 g/mol. The molecule has 1 N–H and O–H groups in total. The minimum Gasteiger partial charge on any atom is -0.497 e. The summed E-state index contributed by atoms with van der Waals surface area (Å²) >= 11 is 0. The molecule has 0 fully saturated rings. The first-order valence-corrected chi connectivity index (χ1v) is 6.14. The van der Waals surface area contributed by atoms with Gasteiger partial charge in [0.2, 0.25) is 0 Å². The van der Waals surface area contributed by atoms with Gasteiger partial charge in [0.25, 0.3) is 5.91 Å². The molecule has 4 nitrogen and oxygen atoms in total. The van der Waals surface area contributed by atoms with Crippen molar-refractivity contribution >= 4 is 5.91 Å². The number of carbonyl (C=O) groups is 1. The summed E-state index contributed by atoms with van der Waals surface area (Å²) < 4.78 is 5.78. The summed E-state index contributed by atoms with van der Waals surface area (Å²) in [6, 6.07) is 7.14. The molecule has 1 aromatic rings. The maximum atomic E-state index is 12.1. The molecular weight excluding hydrogens is 228 g/mol. The predicted octanol–water partition coefficient (Wildman–Crippen LogP) is 1.87. The van der Waals surface area contributed by atoms with Crippen LogP contribution in [0.5, 0.6) is 5.75 Å². The average Bonchev–Trinajstić information content (AvgIpc) is 2.34. The second-order valence-corrected chi connectivity index (χ2v) is 5.24. The Labute approximate surface area is 109 Å². The van der Waals surface area contributed by atoms with E-state index in [9.17, 15) is 4.79 Å². The van der Waals surface area contributed by atoms with E-state index in [2.05, 4.69) is 33.4 Å². The van der Waals surface area contributed by atoms with Crippen LogP contribution in [0.2, 0.25) is 0 Å². The molecule has 100 valence electrons. The zero-order chi connectivity index (χ0) is 13.8. The fourth-order valence-electron chi connectivity index (χ4n) is 1.82. The predicted molar refractivity (Wildman–Crippen MR) is 72.6 cm³/mol. The van der Waals surface area contributed by atoms with Gasteiger partial charge in [0.1, 0.15) is 5.75 Å². The number of carbonyl (C=O) groups excluding carboxylic acids is 1. The van der Waals surface area contributed by atoms with Crippen molar-refractivity contribution in [2.24, 2.45) is 0 Å². The summed E-state index contributed by atoms with van der Waals surface area (Å²) in [6.07, 6.45) is 1.00. The molecular formula is C14H23N2O2+. The lowest BCUT2D eigenvalue weighted by Crippen LogP contribution is -2.54. The molecule has 0 heterocycles. The molecule has 1 aromatic carbocycles. The van der Waals surface area contributed by atoms with E-state index in [0.29, 0.717) is 10.0 Å². The summed E-state index contributed by atoms with van der Waals surface area (Å²) in [5.41, 5.74) is 0.655. The van der Waals surface area contributed by atoms with Gasteiger partial charge in [-0.2, -0.15) is 0 Å². The van der Waals surface area contributed by atoms with Gasteiger partial charge in [0, 0.05) is 12.0 Å². The van der Waals surface area contributed by atoms with Gasteiger partial charge in [-0.25, -0.2) is 0 Å². The zero-order valence-corrected chi connectivity index (χ0v) is 11.9. The van der Waals surface area contributed by atoms with Crippen LogP contribution in [0.25, 0.3) is 0 Å². The van der Waals surface area contributed by atoms with Gasteiger partial charge in [-0.1, -0.05) is 6.92 Å². The number of amides is 1. The molecule has 18 heavy (non-hydrogen) atoms. The molecule has 0 aliphatic carbocycles. The van der Waals surface area contributed by atoms with Crippen molar-refractivity contribution in [2.75, 3.05) is 28.3 Å². The standard InChI is InChI=1S/C14H22N2O2/c1-6-13(16(2,3)4)15-14(17)11-7-9-12(18-5)10-8-11/h7-10,13H,6H2,1-5H3/p+1. The Morgan fingerprint density at radius 1 is 1.28 bits per heavy atom. The Morgan fingerprint density at radius 2 is 1.83 bits per heavy atom. The molecule has 1 atom stereocenters. The van der Waals surface area contributed by atoms with E-state index in [4.69, 9.17) is 4.74 Å². The zero-order valence-electron chi connectivity index (χ0n) is 11.9. The highest BCUT2D eigenvalue weighted by Gasteiger charge is 2.23. The van der Waals surface area contributed by atoms with E-state index in [1.807, 2.05) is 0 Å². The molecule has 0 spiro atoms. The third-order valence-electron chi connectivity index (χ3n) is 2.97. The van der Waals surface area contributed by atoms with Gasteiger partial charge in [-0.15, -0.1) is 0 Å². The summed E-state index contributed by atoms with van der Waals surface area (Å²) in [5, 5.41) is 3.05. The van der Waals surface area contributed by atoms with Crippen LogP contribution in [0, 0.1) is 0 Å². The number of nitrogens with one attached hydrogen (secondary N) is 1. The highest BCUT2D eigenvalue weighted by atomic mass is 16.5. The van der Waals surface area contributed by atoms with Crippen molar-refractivity contribution < 1.29 is 14.0 Å². The number of ether oxygens (including phenoxy) is 1. The normalized spacial score (nSPS) is 12.9. The molecule has 0 saturated carbocycles. The number of quaternary nitrogens is 1.